The number of nitrogen functional groups attached to an aromatic ring is 1. The minimum atomic E-state index is -4.78. The molecule has 0 saturated heterocycles. The molecule has 3 rings (SSSR count). The fraction of sp³-hybridized carbons (Fsp3) is 0.158. The molecule has 1 amide bonds. The van der Waals surface area contributed by atoms with Crippen LogP contribution in [0.25, 0.3) is 0 Å². The van der Waals surface area contributed by atoms with E-state index < -0.39 is 12.3 Å². The SMILES string of the molecule is COc1ccc(/C=N/Nc2nnc(SCC(=O)Nc3ccc(OC(F)(F)F)cc3)n2N)cc1. The van der Waals surface area contributed by atoms with Gasteiger partial charge in [-0.2, -0.15) is 5.10 Å². The largest absolute Gasteiger partial charge is 0.573 e. The third kappa shape index (κ3) is 7.31. The van der Waals surface area contributed by atoms with Gasteiger partial charge >= 0.3 is 6.36 Å². The highest BCUT2D eigenvalue weighted by molar-refractivity contribution is 7.99. The van der Waals surface area contributed by atoms with Crippen LogP contribution in [0.15, 0.2) is 58.8 Å². The summed E-state index contributed by atoms with van der Waals surface area (Å²) in [6.07, 6.45) is -3.23. The Kier molecular flexibility index (Phi) is 7.61. The second-order valence-electron chi connectivity index (χ2n) is 6.23. The molecule has 0 aliphatic heterocycles. The predicted octanol–water partition coefficient (Wildman–Crippen LogP) is 3.08. The Bertz CT molecular complexity index is 1100. The highest BCUT2D eigenvalue weighted by atomic mass is 32.2. The molecule has 0 aliphatic carbocycles. The van der Waals surface area contributed by atoms with E-state index in [-0.39, 0.29) is 22.6 Å². The summed E-state index contributed by atoms with van der Waals surface area (Å²) in [7, 11) is 1.58. The zero-order valence-electron chi connectivity index (χ0n) is 17.0. The van der Waals surface area contributed by atoms with E-state index in [9.17, 15) is 18.0 Å². The van der Waals surface area contributed by atoms with E-state index in [1.807, 2.05) is 12.1 Å². The molecule has 33 heavy (non-hydrogen) atoms. The van der Waals surface area contributed by atoms with Gasteiger partial charge in [0, 0.05) is 5.69 Å². The number of rotatable bonds is 9. The Morgan fingerprint density at radius 3 is 2.45 bits per heavy atom. The van der Waals surface area contributed by atoms with Gasteiger partial charge in [-0.3, -0.25) is 4.79 Å². The fourth-order valence-corrected chi connectivity index (χ4v) is 3.03. The number of hydrazone groups is 1. The molecule has 0 unspecified atom stereocenters. The molecular formula is C19H18F3N7O3S. The van der Waals surface area contributed by atoms with E-state index in [1.165, 1.54) is 12.1 Å². The van der Waals surface area contributed by atoms with E-state index in [2.05, 4.69) is 30.8 Å². The number of nitrogens with one attached hydrogen (secondary N) is 2. The third-order valence-electron chi connectivity index (χ3n) is 3.86. The Morgan fingerprint density at radius 2 is 1.82 bits per heavy atom. The number of carbonyl (C=O) groups is 1. The predicted molar refractivity (Wildman–Crippen MR) is 117 cm³/mol. The van der Waals surface area contributed by atoms with Gasteiger partial charge in [0.15, 0.2) is 0 Å². The lowest BCUT2D eigenvalue weighted by Crippen LogP contribution is -2.18. The number of amides is 1. The first-order valence-electron chi connectivity index (χ1n) is 9.15. The summed E-state index contributed by atoms with van der Waals surface area (Å²) in [5, 5.41) is 14.6. The minimum Gasteiger partial charge on any atom is -0.497 e. The first-order valence-corrected chi connectivity index (χ1v) is 10.1. The number of methoxy groups -OCH3 is 1. The molecule has 10 nitrogen and oxygen atoms in total. The van der Waals surface area contributed by atoms with Gasteiger partial charge in [0.05, 0.1) is 19.1 Å². The van der Waals surface area contributed by atoms with Gasteiger partial charge < -0.3 is 20.6 Å². The van der Waals surface area contributed by atoms with Gasteiger partial charge in [0.2, 0.25) is 11.1 Å². The Hall–Kier alpha value is -3.94. The molecule has 174 valence electrons. The lowest BCUT2D eigenvalue weighted by molar-refractivity contribution is -0.274. The summed E-state index contributed by atoms with van der Waals surface area (Å²) in [6, 6.07) is 12.0. The van der Waals surface area contributed by atoms with Crippen molar-refractivity contribution in [2.75, 3.05) is 29.4 Å². The number of alkyl halides is 3. The maximum atomic E-state index is 12.2. The van der Waals surface area contributed by atoms with E-state index in [4.69, 9.17) is 10.6 Å². The van der Waals surface area contributed by atoms with Crippen molar-refractivity contribution in [2.45, 2.75) is 11.5 Å². The molecule has 0 fully saturated rings. The number of ether oxygens (including phenoxy) is 2. The average Bonchev–Trinajstić information content (AvgIpc) is 3.12. The van der Waals surface area contributed by atoms with Crippen LogP contribution in [0.2, 0.25) is 0 Å². The van der Waals surface area contributed by atoms with Crippen LogP contribution in [-0.4, -0.2) is 46.2 Å². The van der Waals surface area contributed by atoms with Gasteiger partial charge in [-0.1, -0.05) is 11.8 Å². The minimum absolute atomic E-state index is 0.0642. The lowest BCUT2D eigenvalue weighted by Gasteiger charge is -2.09. The molecule has 1 heterocycles. The van der Waals surface area contributed by atoms with Crippen molar-refractivity contribution in [3.05, 3.63) is 54.1 Å². The number of anilines is 2. The van der Waals surface area contributed by atoms with Crippen LogP contribution in [0.1, 0.15) is 5.56 Å². The number of nitrogens with two attached hydrogens (primary N) is 1. The third-order valence-corrected chi connectivity index (χ3v) is 4.81. The van der Waals surface area contributed by atoms with Gasteiger partial charge in [-0.25, -0.2) is 10.1 Å². The van der Waals surface area contributed by atoms with E-state index in [0.717, 1.165) is 39.9 Å². The number of halogens is 3. The number of thioether (sulfide) groups is 1. The summed E-state index contributed by atoms with van der Waals surface area (Å²) < 4.78 is 46.5. The molecule has 0 spiro atoms. The van der Waals surface area contributed by atoms with Crippen molar-refractivity contribution in [3.63, 3.8) is 0 Å². The summed E-state index contributed by atoms with van der Waals surface area (Å²) >= 11 is 1.01. The monoisotopic (exact) mass is 481 g/mol. The smallest absolute Gasteiger partial charge is 0.497 e. The lowest BCUT2D eigenvalue weighted by atomic mass is 10.2. The molecule has 0 atom stereocenters. The topological polar surface area (TPSA) is 129 Å². The molecule has 0 saturated carbocycles. The standard InChI is InChI=1S/C19H18F3N7O3S/c1-31-14-6-2-12(3-7-14)10-24-26-17-27-28-18(29(17)23)33-11-16(30)25-13-4-8-15(9-5-13)32-19(20,21)22/h2-10H,11,23H2,1H3,(H,25,30)(H,26,27)/b24-10+. The summed E-state index contributed by atoms with van der Waals surface area (Å²) in [5.41, 5.74) is 3.78. The highest BCUT2D eigenvalue weighted by Crippen LogP contribution is 2.24. The molecule has 2 aromatic carbocycles. The van der Waals surface area contributed by atoms with Crippen LogP contribution in [-0.2, 0) is 4.79 Å². The highest BCUT2D eigenvalue weighted by Gasteiger charge is 2.30. The maximum absolute atomic E-state index is 12.2. The van der Waals surface area contributed by atoms with Gasteiger partial charge in [-0.15, -0.1) is 23.4 Å². The van der Waals surface area contributed by atoms with Crippen LogP contribution >= 0.6 is 11.8 Å². The Labute approximate surface area is 189 Å². The number of nitrogens with zero attached hydrogens (tertiary/aromatic N) is 4. The molecule has 0 radical (unpaired) electrons. The van der Waals surface area contributed by atoms with Crippen LogP contribution < -0.4 is 26.1 Å². The summed E-state index contributed by atoms with van der Waals surface area (Å²) in [4.78, 5) is 12.1. The van der Waals surface area contributed by atoms with E-state index in [0.29, 0.717) is 5.69 Å². The molecule has 4 N–H and O–H groups in total. The summed E-state index contributed by atoms with van der Waals surface area (Å²) in [5.74, 6) is 5.92. The van der Waals surface area contributed by atoms with Crippen molar-refractivity contribution >= 4 is 35.5 Å². The average molecular weight is 481 g/mol. The molecule has 1 aromatic heterocycles. The molecule has 3 aromatic rings. The van der Waals surface area contributed by atoms with Crippen molar-refractivity contribution in [1.29, 1.82) is 0 Å². The number of benzene rings is 2. The molecule has 0 aliphatic rings. The van der Waals surface area contributed by atoms with Crippen LogP contribution in [0.5, 0.6) is 11.5 Å². The van der Waals surface area contributed by atoms with Crippen molar-refractivity contribution < 1.29 is 27.4 Å². The number of carbonyl (C=O) groups excluding carboxylic acids is 1. The van der Waals surface area contributed by atoms with Gasteiger partial charge in [-0.05, 0) is 54.1 Å². The molecule has 14 heteroatoms. The maximum Gasteiger partial charge on any atom is 0.573 e. The van der Waals surface area contributed by atoms with Crippen LogP contribution in [0.4, 0.5) is 24.8 Å². The quantitative estimate of drug-likeness (QED) is 0.184. The second kappa shape index (κ2) is 10.6. The number of hydrogen-bond acceptors (Lipinski definition) is 9. The van der Waals surface area contributed by atoms with Crippen molar-refractivity contribution in [1.82, 2.24) is 14.9 Å². The van der Waals surface area contributed by atoms with Gasteiger partial charge in [0.25, 0.3) is 5.95 Å². The first-order chi connectivity index (χ1) is 15.7. The fourth-order valence-electron chi connectivity index (χ4n) is 2.37. The Morgan fingerprint density at radius 1 is 1.15 bits per heavy atom. The van der Waals surface area contributed by atoms with E-state index >= 15 is 0 Å². The number of aromatic nitrogens is 3. The molecule has 0 bridgehead atoms. The van der Waals surface area contributed by atoms with E-state index in [1.54, 1.807) is 25.5 Å². The summed E-state index contributed by atoms with van der Waals surface area (Å²) in [6.45, 7) is 0. The first kappa shape index (κ1) is 23.7. The van der Waals surface area contributed by atoms with Crippen molar-refractivity contribution in [2.24, 2.45) is 5.10 Å². The van der Waals surface area contributed by atoms with Crippen LogP contribution in [0.3, 0.4) is 0 Å². The van der Waals surface area contributed by atoms with Crippen molar-refractivity contribution in [3.8, 4) is 11.5 Å². The van der Waals surface area contributed by atoms with Crippen LogP contribution in [0, 0.1) is 0 Å². The second-order valence-corrected chi connectivity index (χ2v) is 7.17. The zero-order chi connectivity index (χ0) is 23.8. The zero-order valence-corrected chi connectivity index (χ0v) is 17.9. The van der Waals surface area contributed by atoms with Gasteiger partial charge in [0.1, 0.15) is 11.5 Å². The molecular weight excluding hydrogens is 463 g/mol. The number of hydrogen-bond donors (Lipinski definition) is 3. The Balaban J connectivity index is 1.48. The normalized spacial score (nSPS) is 11.4.